The van der Waals surface area contributed by atoms with E-state index in [9.17, 15) is 4.79 Å². The number of para-hydroxylation sites is 2. The van der Waals surface area contributed by atoms with Crippen molar-refractivity contribution < 1.29 is 4.79 Å². The van der Waals surface area contributed by atoms with Crippen LogP contribution in [0.25, 0.3) is 0 Å². The molecule has 1 aromatic carbocycles. The summed E-state index contributed by atoms with van der Waals surface area (Å²) in [5.74, 6) is -0.0545. The van der Waals surface area contributed by atoms with Gasteiger partial charge in [0, 0.05) is 18.8 Å². The van der Waals surface area contributed by atoms with Gasteiger partial charge in [-0.3, -0.25) is 9.79 Å². The van der Waals surface area contributed by atoms with Crippen LogP contribution in [0.15, 0.2) is 29.3 Å². The lowest BCUT2D eigenvalue weighted by Gasteiger charge is -2.06. The number of nitrogens with one attached hydrogen (secondary N) is 2. The summed E-state index contributed by atoms with van der Waals surface area (Å²) < 4.78 is 0. The molecule has 0 saturated carbocycles. The predicted molar refractivity (Wildman–Crippen MR) is 58.5 cm³/mol. The maximum atomic E-state index is 11.8. The molecule has 76 valence electrons. The monoisotopic (exact) mass is 201 g/mol. The molecule has 2 heterocycles. The van der Waals surface area contributed by atoms with E-state index in [0.29, 0.717) is 13.1 Å². The number of anilines is 1. The first-order valence-corrected chi connectivity index (χ1v) is 5.02. The lowest BCUT2D eigenvalue weighted by Crippen LogP contribution is -2.27. The van der Waals surface area contributed by atoms with Crippen molar-refractivity contribution in [3.63, 3.8) is 0 Å². The van der Waals surface area contributed by atoms with Gasteiger partial charge in [0.15, 0.2) is 0 Å². The second kappa shape index (κ2) is 3.17. The van der Waals surface area contributed by atoms with Gasteiger partial charge in [0.1, 0.15) is 0 Å². The highest BCUT2D eigenvalue weighted by molar-refractivity contribution is 6.14. The van der Waals surface area contributed by atoms with Gasteiger partial charge < -0.3 is 10.6 Å². The molecule has 2 aliphatic heterocycles. The second-order valence-corrected chi connectivity index (χ2v) is 3.79. The average molecular weight is 201 g/mol. The van der Waals surface area contributed by atoms with E-state index < -0.39 is 0 Å². The second-order valence-electron chi connectivity index (χ2n) is 3.79. The molecule has 1 fully saturated rings. The number of hydrogen-bond donors (Lipinski definition) is 2. The lowest BCUT2D eigenvalue weighted by atomic mass is 10.1. The van der Waals surface area contributed by atoms with Crippen molar-refractivity contribution in [3.05, 3.63) is 24.3 Å². The molecule has 0 aromatic heterocycles. The van der Waals surface area contributed by atoms with E-state index in [-0.39, 0.29) is 11.8 Å². The number of rotatable bonds is 0. The molecule has 1 saturated heterocycles. The van der Waals surface area contributed by atoms with Crippen LogP contribution in [0.3, 0.4) is 0 Å². The number of nitrogens with zero attached hydrogens (tertiary/aromatic N) is 1. The molecule has 4 nitrogen and oxygen atoms in total. The summed E-state index contributed by atoms with van der Waals surface area (Å²) in [6.07, 6.45) is 0. The largest absolute Gasteiger partial charge is 0.324 e. The normalized spacial score (nSPS) is 23.6. The first-order chi connectivity index (χ1) is 7.34. The van der Waals surface area contributed by atoms with E-state index in [1.54, 1.807) is 0 Å². The Bertz CT molecular complexity index is 453. The topological polar surface area (TPSA) is 53.5 Å². The standard InChI is InChI=1S/C11H11N3O/c15-11-7-5-12-6-10(7)13-8-3-1-2-4-9(8)14-11/h1-4,7,12H,5-6H2,(H,14,15). The van der Waals surface area contributed by atoms with Crippen molar-refractivity contribution in [2.75, 3.05) is 18.4 Å². The van der Waals surface area contributed by atoms with Crippen molar-refractivity contribution in [2.24, 2.45) is 10.9 Å². The van der Waals surface area contributed by atoms with Crippen molar-refractivity contribution in [2.45, 2.75) is 0 Å². The quantitative estimate of drug-likeness (QED) is 0.656. The summed E-state index contributed by atoms with van der Waals surface area (Å²) in [4.78, 5) is 16.3. The summed E-state index contributed by atoms with van der Waals surface area (Å²) in [7, 11) is 0. The molecule has 3 rings (SSSR count). The zero-order chi connectivity index (χ0) is 10.3. The Morgan fingerprint density at radius 2 is 2.20 bits per heavy atom. The van der Waals surface area contributed by atoms with Gasteiger partial charge in [-0.05, 0) is 12.1 Å². The van der Waals surface area contributed by atoms with Crippen molar-refractivity contribution in [3.8, 4) is 0 Å². The van der Waals surface area contributed by atoms with Gasteiger partial charge >= 0.3 is 0 Å². The van der Waals surface area contributed by atoms with Crippen LogP contribution in [0.5, 0.6) is 0 Å². The Labute approximate surface area is 87.4 Å². The number of carbonyl (C=O) groups excluding carboxylic acids is 1. The van der Waals surface area contributed by atoms with E-state index in [1.165, 1.54) is 0 Å². The molecular weight excluding hydrogens is 190 g/mol. The molecule has 15 heavy (non-hydrogen) atoms. The van der Waals surface area contributed by atoms with Crippen LogP contribution >= 0.6 is 0 Å². The van der Waals surface area contributed by atoms with Gasteiger partial charge in [0.25, 0.3) is 0 Å². The zero-order valence-electron chi connectivity index (χ0n) is 8.16. The summed E-state index contributed by atoms with van der Waals surface area (Å²) >= 11 is 0. The zero-order valence-corrected chi connectivity index (χ0v) is 8.16. The van der Waals surface area contributed by atoms with Crippen LogP contribution in [-0.2, 0) is 4.79 Å². The SMILES string of the molecule is O=C1Nc2ccccc2N=C2CNCC12. The Morgan fingerprint density at radius 1 is 1.33 bits per heavy atom. The van der Waals surface area contributed by atoms with Gasteiger partial charge in [0.05, 0.1) is 17.3 Å². The van der Waals surface area contributed by atoms with Crippen molar-refractivity contribution >= 4 is 23.0 Å². The maximum Gasteiger partial charge on any atom is 0.234 e. The van der Waals surface area contributed by atoms with Crippen LogP contribution in [0.1, 0.15) is 0 Å². The first kappa shape index (κ1) is 8.61. The Balaban J connectivity index is 2.13. The molecule has 0 bridgehead atoms. The third-order valence-electron chi connectivity index (χ3n) is 2.80. The molecule has 2 N–H and O–H groups in total. The summed E-state index contributed by atoms with van der Waals surface area (Å²) in [6.45, 7) is 1.41. The predicted octanol–water partition coefficient (Wildman–Crippen LogP) is 0.931. The number of benzene rings is 1. The van der Waals surface area contributed by atoms with Crippen LogP contribution < -0.4 is 10.6 Å². The molecule has 1 unspecified atom stereocenters. The number of aliphatic imine (C=N–C) groups is 1. The molecule has 0 radical (unpaired) electrons. The average Bonchev–Trinajstić information content (AvgIpc) is 2.64. The van der Waals surface area contributed by atoms with E-state index >= 15 is 0 Å². The minimum absolute atomic E-state index is 0.0451. The van der Waals surface area contributed by atoms with Crippen molar-refractivity contribution in [1.82, 2.24) is 5.32 Å². The van der Waals surface area contributed by atoms with Crippen LogP contribution in [-0.4, -0.2) is 24.7 Å². The third-order valence-corrected chi connectivity index (χ3v) is 2.80. The highest BCUT2D eigenvalue weighted by Crippen LogP contribution is 2.29. The summed E-state index contributed by atoms with van der Waals surface area (Å²) in [6, 6.07) is 7.63. The van der Waals surface area contributed by atoms with Gasteiger partial charge in [-0.2, -0.15) is 0 Å². The molecule has 1 aromatic rings. The lowest BCUT2D eigenvalue weighted by molar-refractivity contribution is -0.117. The minimum atomic E-state index is -0.0996. The van der Waals surface area contributed by atoms with E-state index in [0.717, 1.165) is 17.1 Å². The first-order valence-electron chi connectivity index (χ1n) is 5.02. The number of fused-ring (bicyclic) bond motifs is 2. The molecule has 2 aliphatic rings. The molecule has 4 heteroatoms. The minimum Gasteiger partial charge on any atom is -0.324 e. The van der Waals surface area contributed by atoms with Crippen LogP contribution in [0.4, 0.5) is 11.4 Å². The Hall–Kier alpha value is -1.68. The van der Waals surface area contributed by atoms with E-state index in [2.05, 4.69) is 15.6 Å². The fourth-order valence-corrected chi connectivity index (χ4v) is 2.00. The number of amides is 1. The Morgan fingerprint density at radius 3 is 3.13 bits per heavy atom. The molecular formula is C11H11N3O. The molecule has 0 aliphatic carbocycles. The van der Waals surface area contributed by atoms with Crippen molar-refractivity contribution in [1.29, 1.82) is 0 Å². The van der Waals surface area contributed by atoms with Crippen LogP contribution in [0, 0.1) is 5.92 Å². The maximum absolute atomic E-state index is 11.8. The summed E-state index contributed by atoms with van der Waals surface area (Å²) in [5, 5.41) is 6.06. The van der Waals surface area contributed by atoms with E-state index in [1.807, 2.05) is 24.3 Å². The van der Waals surface area contributed by atoms with Gasteiger partial charge in [-0.15, -0.1) is 0 Å². The number of carbonyl (C=O) groups is 1. The molecule has 1 atom stereocenters. The highest BCUT2D eigenvalue weighted by atomic mass is 16.2. The smallest absolute Gasteiger partial charge is 0.234 e. The number of hydrogen-bond acceptors (Lipinski definition) is 3. The van der Waals surface area contributed by atoms with Gasteiger partial charge in [0.2, 0.25) is 5.91 Å². The fourth-order valence-electron chi connectivity index (χ4n) is 2.00. The van der Waals surface area contributed by atoms with E-state index in [4.69, 9.17) is 0 Å². The van der Waals surface area contributed by atoms with Gasteiger partial charge in [-0.1, -0.05) is 12.1 Å². The summed E-state index contributed by atoms with van der Waals surface area (Å²) in [5.41, 5.74) is 2.61. The fraction of sp³-hybridized carbons (Fsp3) is 0.273. The third kappa shape index (κ3) is 1.34. The van der Waals surface area contributed by atoms with Crippen LogP contribution in [0.2, 0.25) is 0 Å². The highest BCUT2D eigenvalue weighted by Gasteiger charge is 2.31. The molecule has 1 amide bonds. The Kier molecular flexibility index (Phi) is 1.82. The van der Waals surface area contributed by atoms with Gasteiger partial charge in [-0.25, -0.2) is 0 Å². The molecule has 0 spiro atoms.